The van der Waals surface area contributed by atoms with E-state index in [1.807, 2.05) is 30.3 Å². The standard InChI is InChI=1S/C16H14BNO2/c1-17-12-4-7-15-11(8-12)9-14(16(19)20-15)10-2-5-13(18)6-3-10/h2-9,17H,18H2,1H3. The molecule has 4 heteroatoms. The summed E-state index contributed by atoms with van der Waals surface area (Å²) in [4.78, 5) is 12.1. The van der Waals surface area contributed by atoms with E-state index in [0.29, 0.717) is 16.8 Å². The fourth-order valence-electron chi connectivity index (χ4n) is 2.26. The van der Waals surface area contributed by atoms with Crippen LogP contribution in [0.3, 0.4) is 0 Å². The third-order valence-electron chi connectivity index (χ3n) is 3.43. The molecule has 2 N–H and O–H groups in total. The summed E-state index contributed by atoms with van der Waals surface area (Å²) in [7, 11) is 0.951. The number of hydrogen-bond acceptors (Lipinski definition) is 3. The molecule has 0 aliphatic rings. The van der Waals surface area contributed by atoms with E-state index in [-0.39, 0.29) is 5.63 Å². The number of fused-ring (bicyclic) bond motifs is 1. The van der Waals surface area contributed by atoms with Crippen LogP contribution in [0.4, 0.5) is 5.69 Å². The van der Waals surface area contributed by atoms with Crippen LogP contribution in [0.2, 0.25) is 6.82 Å². The number of nitrogen functional groups attached to an aromatic ring is 1. The van der Waals surface area contributed by atoms with Gasteiger partial charge in [0.15, 0.2) is 7.28 Å². The van der Waals surface area contributed by atoms with E-state index in [1.54, 1.807) is 12.1 Å². The van der Waals surface area contributed by atoms with E-state index >= 15 is 0 Å². The van der Waals surface area contributed by atoms with Crippen LogP contribution in [-0.4, -0.2) is 7.28 Å². The topological polar surface area (TPSA) is 56.2 Å². The van der Waals surface area contributed by atoms with Gasteiger partial charge in [-0.2, -0.15) is 0 Å². The molecule has 0 saturated carbocycles. The maximum absolute atomic E-state index is 12.1. The highest BCUT2D eigenvalue weighted by molar-refractivity contribution is 6.52. The Labute approximate surface area is 117 Å². The molecule has 0 aliphatic heterocycles. The predicted octanol–water partition coefficient (Wildman–Crippen LogP) is 2.15. The first kappa shape index (κ1) is 12.5. The molecule has 3 nitrogen and oxygen atoms in total. The summed E-state index contributed by atoms with van der Waals surface area (Å²) >= 11 is 0. The maximum Gasteiger partial charge on any atom is 0.344 e. The molecule has 0 saturated heterocycles. The third kappa shape index (κ3) is 2.20. The maximum atomic E-state index is 12.1. The van der Waals surface area contributed by atoms with E-state index in [9.17, 15) is 4.79 Å². The number of rotatable bonds is 2. The SMILES string of the molecule is CBc1ccc2oc(=O)c(-c3ccc(N)cc3)cc2c1. The average Bonchev–Trinajstić information content (AvgIpc) is 2.47. The van der Waals surface area contributed by atoms with E-state index in [2.05, 4.69) is 12.9 Å². The molecule has 0 fully saturated rings. The van der Waals surface area contributed by atoms with Crippen molar-refractivity contribution in [3.05, 3.63) is 59.0 Å². The third-order valence-corrected chi connectivity index (χ3v) is 3.43. The van der Waals surface area contributed by atoms with Gasteiger partial charge in [-0.25, -0.2) is 4.79 Å². The first-order chi connectivity index (χ1) is 9.67. The Hall–Kier alpha value is -2.49. The highest BCUT2D eigenvalue weighted by Gasteiger charge is 2.08. The zero-order valence-corrected chi connectivity index (χ0v) is 11.2. The first-order valence-corrected chi connectivity index (χ1v) is 6.60. The molecule has 2 aromatic carbocycles. The lowest BCUT2D eigenvalue weighted by Gasteiger charge is -2.04. The molecule has 0 bridgehead atoms. The Bertz CT molecular complexity index is 822. The van der Waals surface area contributed by atoms with Gasteiger partial charge in [0.1, 0.15) is 5.58 Å². The second kappa shape index (κ2) is 4.89. The molecule has 0 radical (unpaired) electrons. The first-order valence-electron chi connectivity index (χ1n) is 6.60. The average molecular weight is 263 g/mol. The molecule has 0 aliphatic carbocycles. The number of anilines is 1. The lowest BCUT2D eigenvalue weighted by molar-refractivity contribution is 0.563. The van der Waals surface area contributed by atoms with Crippen molar-refractivity contribution >= 4 is 29.4 Å². The molecule has 0 spiro atoms. The van der Waals surface area contributed by atoms with Crippen LogP contribution in [0.25, 0.3) is 22.1 Å². The minimum Gasteiger partial charge on any atom is -0.422 e. The molecule has 3 aromatic rings. The van der Waals surface area contributed by atoms with Crippen LogP contribution in [0.15, 0.2) is 57.7 Å². The zero-order chi connectivity index (χ0) is 14.1. The van der Waals surface area contributed by atoms with Gasteiger partial charge in [-0.05, 0) is 29.8 Å². The molecule has 1 heterocycles. The van der Waals surface area contributed by atoms with Gasteiger partial charge >= 0.3 is 5.63 Å². The van der Waals surface area contributed by atoms with Gasteiger partial charge in [-0.15, -0.1) is 0 Å². The van der Waals surface area contributed by atoms with Crippen molar-refractivity contribution in [1.82, 2.24) is 0 Å². The van der Waals surface area contributed by atoms with E-state index in [1.165, 1.54) is 5.46 Å². The Morgan fingerprint density at radius 1 is 1.05 bits per heavy atom. The summed E-state index contributed by atoms with van der Waals surface area (Å²) in [5, 5.41) is 0.941. The van der Waals surface area contributed by atoms with E-state index in [4.69, 9.17) is 10.2 Å². The van der Waals surface area contributed by atoms with Crippen molar-refractivity contribution < 1.29 is 4.42 Å². The van der Waals surface area contributed by atoms with Gasteiger partial charge in [-0.1, -0.05) is 36.6 Å². The predicted molar refractivity (Wildman–Crippen MR) is 85.0 cm³/mol. The highest BCUT2D eigenvalue weighted by Crippen LogP contribution is 2.21. The van der Waals surface area contributed by atoms with Crippen LogP contribution in [-0.2, 0) is 0 Å². The fourth-order valence-corrected chi connectivity index (χ4v) is 2.26. The summed E-state index contributed by atoms with van der Waals surface area (Å²) in [5.41, 5.74) is 9.23. The van der Waals surface area contributed by atoms with Crippen molar-refractivity contribution in [2.45, 2.75) is 6.82 Å². The second-order valence-corrected chi connectivity index (χ2v) is 4.80. The molecule has 0 atom stereocenters. The Balaban J connectivity index is 2.22. The molecule has 0 unspecified atom stereocenters. The molecule has 3 rings (SSSR count). The summed E-state index contributed by atoms with van der Waals surface area (Å²) in [6.45, 7) is 2.10. The highest BCUT2D eigenvalue weighted by atomic mass is 16.4. The van der Waals surface area contributed by atoms with Crippen LogP contribution >= 0.6 is 0 Å². The minimum absolute atomic E-state index is 0.327. The number of nitrogens with two attached hydrogens (primary N) is 1. The van der Waals surface area contributed by atoms with Crippen LogP contribution in [0.1, 0.15) is 0 Å². The van der Waals surface area contributed by atoms with Gasteiger partial charge < -0.3 is 10.2 Å². The number of hydrogen-bond donors (Lipinski definition) is 1. The Morgan fingerprint density at radius 2 is 1.80 bits per heavy atom. The molecule has 20 heavy (non-hydrogen) atoms. The Morgan fingerprint density at radius 3 is 2.50 bits per heavy atom. The molecule has 98 valence electrons. The van der Waals surface area contributed by atoms with Gasteiger partial charge in [0.2, 0.25) is 0 Å². The zero-order valence-electron chi connectivity index (χ0n) is 11.2. The van der Waals surface area contributed by atoms with Gasteiger partial charge in [0.05, 0.1) is 5.56 Å². The molecular weight excluding hydrogens is 249 g/mol. The van der Waals surface area contributed by atoms with Gasteiger partial charge in [-0.3, -0.25) is 0 Å². The normalized spacial score (nSPS) is 10.7. The van der Waals surface area contributed by atoms with Crippen molar-refractivity contribution in [2.24, 2.45) is 0 Å². The van der Waals surface area contributed by atoms with Crippen molar-refractivity contribution in [2.75, 3.05) is 5.73 Å². The summed E-state index contributed by atoms with van der Waals surface area (Å²) in [6, 6.07) is 15.0. The quantitative estimate of drug-likeness (QED) is 0.438. The van der Waals surface area contributed by atoms with Crippen LogP contribution < -0.4 is 16.8 Å². The largest absolute Gasteiger partial charge is 0.422 e. The molecular formula is C16H14BNO2. The molecule has 0 amide bonds. The van der Waals surface area contributed by atoms with Crippen molar-refractivity contribution in [1.29, 1.82) is 0 Å². The van der Waals surface area contributed by atoms with Gasteiger partial charge in [0.25, 0.3) is 0 Å². The summed E-state index contributed by atoms with van der Waals surface area (Å²) < 4.78 is 5.39. The summed E-state index contributed by atoms with van der Waals surface area (Å²) in [5.74, 6) is 0. The monoisotopic (exact) mass is 263 g/mol. The second-order valence-electron chi connectivity index (χ2n) is 4.80. The fraction of sp³-hybridized carbons (Fsp3) is 0.0625. The lowest BCUT2D eigenvalue weighted by atomic mass is 9.73. The van der Waals surface area contributed by atoms with Crippen LogP contribution in [0.5, 0.6) is 0 Å². The summed E-state index contributed by atoms with van der Waals surface area (Å²) in [6.07, 6.45) is 0. The number of benzene rings is 2. The van der Waals surface area contributed by atoms with Crippen molar-refractivity contribution in [3.8, 4) is 11.1 Å². The van der Waals surface area contributed by atoms with Crippen LogP contribution in [0, 0.1) is 0 Å². The van der Waals surface area contributed by atoms with E-state index < -0.39 is 0 Å². The van der Waals surface area contributed by atoms with E-state index in [0.717, 1.165) is 18.2 Å². The molecule has 1 aromatic heterocycles. The lowest BCUT2D eigenvalue weighted by Crippen LogP contribution is -2.10. The Kier molecular flexibility index (Phi) is 3.07. The van der Waals surface area contributed by atoms with Gasteiger partial charge in [0, 0.05) is 11.1 Å². The smallest absolute Gasteiger partial charge is 0.344 e. The van der Waals surface area contributed by atoms with Crippen molar-refractivity contribution in [3.63, 3.8) is 0 Å². The minimum atomic E-state index is -0.327.